The molecule has 0 rings (SSSR count). The number of hydrogen-bond acceptors (Lipinski definition) is 6. The third-order valence-electron chi connectivity index (χ3n) is 0.779. The SMILES string of the molecule is CC(C)(C)OC(=O)[O-].CC(C)(C)OC(=O)[O-].[K+].[Na+]. The van der Waals surface area contributed by atoms with E-state index in [1.54, 1.807) is 41.5 Å². The Morgan fingerprint density at radius 1 is 0.778 bits per heavy atom. The Bertz CT molecular complexity index is 218. The molecule has 8 heteroatoms. The molecule has 0 spiro atoms. The van der Waals surface area contributed by atoms with Gasteiger partial charge in [-0.1, -0.05) is 0 Å². The molecule has 0 radical (unpaired) electrons. The van der Waals surface area contributed by atoms with Crippen molar-refractivity contribution >= 4 is 12.3 Å². The van der Waals surface area contributed by atoms with Gasteiger partial charge in [-0.2, -0.15) is 0 Å². The Labute approximate surface area is 173 Å². The summed E-state index contributed by atoms with van der Waals surface area (Å²) in [6.45, 7) is 9.85. The number of ether oxygens (including phenoxy) is 2. The molecule has 0 atom stereocenters. The van der Waals surface area contributed by atoms with Gasteiger partial charge in [0.05, 0.1) is 0 Å². The van der Waals surface area contributed by atoms with Crippen LogP contribution in [0.1, 0.15) is 41.5 Å². The Morgan fingerprint density at radius 3 is 0.944 bits per heavy atom. The first kappa shape index (κ1) is 27.5. The van der Waals surface area contributed by atoms with Crippen molar-refractivity contribution < 1.29 is 110 Å². The fourth-order valence-corrected chi connectivity index (χ4v) is 0.500. The summed E-state index contributed by atoms with van der Waals surface area (Å²) >= 11 is 0. The van der Waals surface area contributed by atoms with Crippen molar-refractivity contribution in [1.82, 2.24) is 0 Å². The summed E-state index contributed by atoms with van der Waals surface area (Å²) in [6, 6.07) is 0. The fraction of sp³-hybridized carbons (Fsp3) is 0.800. The van der Waals surface area contributed by atoms with Crippen LogP contribution in [0.5, 0.6) is 0 Å². The predicted octanol–water partition coefficient (Wildman–Crippen LogP) is -5.70. The van der Waals surface area contributed by atoms with Crippen LogP contribution >= 0.6 is 0 Å². The van der Waals surface area contributed by atoms with Gasteiger partial charge in [0.15, 0.2) is 0 Å². The van der Waals surface area contributed by atoms with Gasteiger partial charge in [0.1, 0.15) is 0 Å². The zero-order chi connectivity index (χ0) is 13.6. The Kier molecular flexibility index (Phi) is 18.3. The number of carbonyl (C=O) groups excluding carboxylic acids is 2. The third kappa shape index (κ3) is 36.0. The molecule has 0 amide bonds. The largest absolute Gasteiger partial charge is 1.00 e. The topological polar surface area (TPSA) is 98.7 Å². The van der Waals surface area contributed by atoms with Crippen LogP contribution in [0.25, 0.3) is 0 Å². The number of hydrogen-bond donors (Lipinski definition) is 0. The minimum atomic E-state index is -1.47. The fourth-order valence-electron chi connectivity index (χ4n) is 0.500. The second-order valence-corrected chi connectivity index (χ2v) is 4.93. The second-order valence-electron chi connectivity index (χ2n) is 4.93. The van der Waals surface area contributed by atoms with Crippen LogP contribution in [0.2, 0.25) is 0 Å². The van der Waals surface area contributed by atoms with Gasteiger partial charge < -0.3 is 29.3 Å². The van der Waals surface area contributed by atoms with Crippen molar-refractivity contribution in [2.24, 2.45) is 0 Å². The summed E-state index contributed by atoms with van der Waals surface area (Å²) in [5, 5.41) is 19.4. The average molecular weight is 296 g/mol. The van der Waals surface area contributed by atoms with Crippen LogP contribution in [-0.2, 0) is 9.47 Å². The third-order valence-corrected chi connectivity index (χ3v) is 0.779. The van der Waals surface area contributed by atoms with E-state index in [0.29, 0.717) is 0 Å². The van der Waals surface area contributed by atoms with Crippen molar-refractivity contribution in [2.45, 2.75) is 52.7 Å². The first-order chi connectivity index (χ1) is 6.83. The van der Waals surface area contributed by atoms with Crippen molar-refractivity contribution in [3.8, 4) is 0 Å². The Morgan fingerprint density at radius 2 is 0.944 bits per heavy atom. The van der Waals surface area contributed by atoms with Crippen molar-refractivity contribution in [2.75, 3.05) is 0 Å². The molecule has 6 nitrogen and oxygen atoms in total. The molecule has 0 fully saturated rings. The van der Waals surface area contributed by atoms with Crippen molar-refractivity contribution in [1.29, 1.82) is 0 Å². The molecule has 0 aromatic carbocycles. The first-order valence-electron chi connectivity index (χ1n) is 4.63. The van der Waals surface area contributed by atoms with E-state index < -0.39 is 23.5 Å². The maximum absolute atomic E-state index is 9.68. The van der Waals surface area contributed by atoms with E-state index in [2.05, 4.69) is 9.47 Å². The molecule has 0 heterocycles. The molecule has 0 bridgehead atoms. The number of carboxylic acid groups (broad SMARTS) is 2. The van der Waals surface area contributed by atoms with Crippen LogP contribution in [0.3, 0.4) is 0 Å². The Hall–Kier alpha value is 1.18. The predicted molar refractivity (Wildman–Crippen MR) is 52.5 cm³/mol. The molecule has 0 aromatic heterocycles. The van der Waals surface area contributed by atoms with Crippen molar-refractivity contribution in [3.63, 3.8) is 0 Å². The van der Waals surface area contributed by atoms with E-state index in [1.165, 1.54) is 0 Å². The molecule has 0 aliphatic rings. The van der Waals surface area contributed by atoms with Gasteiger partial charge >= 0.3 is 80.9 Å². The van der Waals surface area contributed by atoms with Crippen LogP contribution in [-0.4, -0.2) is 23.5 Å². The van der Waals surface area contributed by atoms with Crippen molar-refractivity contribution in [3.05, 3.63) is 0 Å². The van der Waals surface area contributed by atoms with E-state index in [1.807, 2.05) is 0 Å². The van der Waals surface area contributed by atoms with Crippen LogP contribution in [0.15, 0.2) is 0 Å². The van der Waals surface area contributed by atoms with Gasteiger partial charge in [-0.05, 0) is 41.5 Å². The van der Waals surface area contributed by atoms with E-state index >= 15 is 0 Å². The molecule has 18 heavy (non-hydrogen) atoms. The maximum Gasteiger partial charge on any atom is 1.00 e. The second kappa shape index (κ2) is 12.0. The van der Waals surface area contributed by atoms with Gasteiger partial charge in [-0.3, -0.25) is 0 Å². The maximum atomic E-state index is 9.68. The van der Waals surface area contributed by atoms with Crippen LogP contribution in [0.4, 0.5) is 9.59 Å². The average Bonchev–Trinajstić information content (AvgIpc) is 1.72. The standard InChI is InChI=1S/2C5H10O3.K.Na/c2*1-5(2,3)8-4(6)7;;/h2*1-3H3,(H,6,7);;/q;;2*+1/p-2. The normalized spacial score (nSPS) is 9.67. The van der Waals surface area contributed by atoms with Gasteiger partial charge in [0.2, 0.25) is 0 Å². The van der Waals surface area contributed by atoms with Crippen LogP contribution in [0, 0.1) is 0 Å². The minimum Gasteiger partial charge on any atom is -0.544 e. The smallest absolute Gasteiger partial charge is 0.544 e. The number of carbonyl (C=O) groups is 2. The van der Waals surface area contributed by atoms with E-state index in [4.69, 9.17) is 0 Å². The molecule has 0 N–H and O–H groups in total. The zero-order valence-electron chi connectivity index (χ0n) is 12.4. The van der Waals surface area contributed by atoms with Gasteiger partial charge in [0.25, 0.3) is 12.3 Å². The number of rotatable bonds is 0. The molecule has 0 aromatic rings. The van der Waals surface area contributed by atoms with E-state index in [0.717, 1.165) is 0 Å². The molecule has 96 valence electrons. The zero-order valence-corrected chi connectivity index (χ0v) is 17.6. The quantitative estimate of drug-likeness (QED) is 0.326. The molecule has 0 saturated heterocycles. The molecular weight excluding hydrogens is 278 g/mol. The van der Waals surface area contributed by atoms with Gasteiger partial charge in [-0.25, -0.2) is 0 Å². The van der Waals surface area contributed by atoms with Crippen LogP contribution < -0.4 is 91.2 Å². The molecular formula is C10H18KNaO6. The Balaban J connectivity index is -0.0000000980. The summed E-state index contributed by atoms with van der Waals surface area (Å²) in [5.41, 5.74) is -1.28. The summed E-state index contributed by atoms with van der Waals surface area (Å²) < 4.78 is 8.49. The van der Waals surface area contributed by atoms with E-state index in [-0.39, 0.29) is 80.9 Å². The summed E-state index contributed by atoms with van der Waals surface area (Å²) in [5.74, 6) is 0. The molecule has 0 aliphatic heterocycles. The molecule has 0 aliphatic carbocycles. The first-order valence-corrected chi connectivity index (χ1v) is 4.63. The monoisotopic (exact) mass is 296 g/mol. The van der Waals surface area contributed by atoms with Gasteiger partial charge in [0, 0.05) is 11.2 Å². The van der Waals surface area contributed by atoms with E-state index in [9.17, 15) is 19.8 Å². The summed E-state index contributed by atoms with van der Waals surface area (Å²) in [7, 11) is 0. The van der Waals surface area contributed by atoms with Gasteiger partial charge in [-0.15, -0.1) is 0 Å². The minimum absolute atomic E-state index is 0. The molecule has 0 unspecified atom stereocenters. The summed E-state index contributed by atoms with van der Waals surface area (Å²) in [6.07, 6.45) is -2.95. The summed E-state index contributed by atoms with van der Waals surface area (Å²) in [4.78, 5) is 19.4. The molecule has 0 saturated carbocycles.